The van der Waals surface area contributed by atoms with Gasteiger partial charge >= 0.3 is 0 Å². The predicted octanol–water partition coefficient (Wildman–Crippen LogP) is 4.83. The van der Waals surface area contributed by atoms with Gasteiger partial charge in [0.2, 0.25) is 0 Å². The third-order valence-electron chi connectivity index (χ3n) is 3.71. The summed E-state index contributed by atoms with van der Waals surface area (Å²) in [5, 5.41) is 11.5. The summed E-state index contributed by atoms with van der Waals surface area (Å²) in [5.74, 6) is 0.662. The Morgan fingerprint density at radius 2 is 1.95 bits per heavy atom. The zero-order valence-electron chi connectivity index (χ0n) is 12.1. The summed E-state index contributed by atoms with van der Waals surface area (Å²) in [5.41, 5.74) is 2.80. The van der Waals surface area contributed by atoms with Crippen molar-refractivity contribution in [3.8, 4) is 0 Å². The molecule has 3 rings (SSSR count). The van der Waals surface area contributed by atoms with Crippen molar-refractivity contribution in [2.45, 2.75) is 26.0 Å². The van der Waals surface area contributed by atoms with Crippen molar-refractivity contribution in [1.29, 1.82) is 0 Å². The first-order valence-corrected chi connectivity index (χ1v) is 7.93. The summed E-state index contributed by atoms with van der Waals surface area (Å²) in [6, 6.07) is 13.3. The Balaban J connectivity index is 2.11. The second-order valence-corrected chi connectivity index (χ2v) is 6.05. The molecule has 0 saturated carbocycles. The molecule has 0 aliphatic rings. The van der Waals surface area contributed by atoms with Gasteiger partial charge in [-0.25, -0.2) is 4.98 Å². The summed E-state index contributed by atoms with van der Waals surface area (Å²) in [7, 11) is 0. The molecule has 0 saturated heterocycles. The molecule has 0 fully saturated rings. The van der Waals surface area contributed by atoms with Crippen molar-refractivity contribution in [2.24, 2.45) is 0 Å². The highest BCUT2D eigenvalue weighted by atomic mass is 35.5. The minimum atomic E-state index is -0.599. The lowest BCUT2D eigenvalue weighted by Gasteiger charge is -2.13. The number of halogens is 2. The normalized spacial score (nSPS) is 12.7. The van der Waals surface area contributed by atoms with Gasteiger partial charge in [0.25, 0.3) is 0 Å². The maximum absolute atomic E-state index is 10.3. The SMILES string of the molecule is CC[C@H](O)c1nc2ccccc2n1Cc1ccc(Cl)cc1Cl. The van der Waals surface area contributed by atoms with Crippen molar-refractivity contribution in [2.75, 3.05) is 0 Å². The fourth-order valence-electron chi connectivity index (χ4n) is 2.52. The van der Waals surface area contributed by atoms with Gasteiger partial charge in [-0.3, -0.25) is 0 Å². The van der Waals surface area contributed by atoms with Crippen LogP contribution in [0.4, 0.5) is 0 Å². The molecule has 2 aromatic carbocycles. The average molecular weight is 335 g/mol. The summed E-state index contributed by atoms with van der Waals surface area (Å²) in [4.78, 5) is 4.57. The highest BCUT2D eigenvalue weighted by molar-refractivity contribution is 6.35. The molecule has 0 unspecified atom stereocenters. The van der Waals surface area contributed by atoms with Crippen LogP contribution < -0.4 is 0 Å². The molecule has 0 aliphatic heterocycles. The van der Waals surface area contributed by atoms with Gasteiger partial charge in [0, 0.05) is 10.0 Å². The number of para-hydroxylation sites is 2. The van der Waals surface area contributed by atoms with E-state index >= 15 is 0 Å². The number of imidazole rings is 1. The zero-order valence-corrected chi connectivity index (χ0v) is 13.6. The Morgan fingerprint density at radius 1 is 1.18 bits per heavy atom. The fraction of sp³-hybridized carbons (Fsp3) is 0.235. The van der Waals surface area contributed by atoms with Crippen LogP contribution in [0.5, 0.6) is 0 Å². The summed E-state index contributed by atoms with van der Waals surface area (Å²) >= 11 is 12.2. The monoisotopic (exact) mass is 334 g/mol. The lowest BCUT2D eigenvalue weighted by atomic mass is 10.2. The number of aromatic nitrogens is 2. The summed E-state index contributed by atoms with van der Waals surface area (Å²) in [6.45, 7) is 2.48. The van der Waals surface area contributed by atoms with E-state index in [2.05, 4.69) is 4.98 Å². The average Bonchev–Trinajstić information content (AvgIpc) is 2.88. The van der Waals surface area contributed by atoms with Gasteiger partial charge in [0.05, 0.1) is 17.6 Å². The molecule has 0 spiro atoms. The molecule has 1 heterocycles. The van der Waals surface area contributed by atoms with Gasteiger partial charge < -0.3 is 9.67 Å². The number of nitrogens with zero attached hydrogens (tertiary/aromatic N) is 2. The molecule has 1 aromatic heterocycles. The third-order valence-corrected chi connectivity index (χ3v) is 4.30. The molecule has 1 atom stereocenters. The zero-order chi connectivity index (χ0) is 15.7. The number of rotatable bonds is 4. The Bertz CT molecular complexity index is 814. The van der Waals surface area contributed by atoms with E-state index in [4.69, 9.17) is 23.2 Å². The van der Waals surface area contributed by atoms with Crippen LogP contribution in [0, 0.1) is 0 Å². The van der Waals surface area contributed by atoms with E-state index in [1.54, 1.807) is 6.07 Å². The van der Waals surface area contributed by atoms with E-state index in [9.17, 15) is 5.11 Å². The van der Waals surface area contributed by atoms with Crippen LogP contribution in [0.3, 0.4) is 0 Å². The van der Waals surface area contributed by atoms with Crippen molar-refractivity contribution in [3.63, 3.8) is 0 Å². The van der Waals surface area contributed by atoms with Crippen LogP contribution in [-0.2, 0) is 6.54 Å². The second kappa shape index (κ2) is 6.29. The Kier molecular flexibility index (Phi) is 4.39. The fourth-order valence-corrected chi connectivity index (χ4v) is 2.99. The number of fused-ring (bicyclic) bond motifs is 1. The minimum absolute atomic E-state index is 0.545. The molecule has 0 amide bonds. The molecule has 0 bridgehead atoms. The quantitative estimate of drug-likeness (QED) is 0.741. The summed E-state index contributed by atoms with van der Waals surface area (Å²) in [6.07, 6.45) is 0.0102. The van der Waals surface area contributed by atoms with Crippen LogP contribution in [0.1, 0.15) is 30.8 Å². The first kappa shape index (κ1) is 15.3. The van der Waals surface area contributed by atoms with E-state index in [1.807, 2.05) is 47.9 Å². The van der Waals surface area contributed by atoms with E-state index in [-0.39, 0.29) is 0 Å². The Morgan fingerprint density at radius 3 is 2.68 bits per heavy atom. The van der Waals surface area contributed by atoms with E-state index in [0.29, 0.717) is 28.8 Å². The lowest BCUT2D eigenvalue weighted by molar-refractivity contribution is 0.160. The van der Waals surface area contributed by atoms with Gasteiger partial charge in [-0.2, -0.15) is 0 Å². The topological polar surface area (TPSA) is 38.1 Å². The Labute approximate surface area is 139 Å². The number of aliphatic hydroxyl groups is 1. The molecule has 0 radical (unpaired) electrons. The van der Waals surface area contributed by atoms with Crippen molar-refractivity contribution >= 4 is 34.2 Å². The molecule has 1 N–H and O–H groups in total. The van der Waals surface area contributed by atoms with E-state index < -0.39 is 6.10 Å². The van der Waals surface area contributed by atoms with Gasteiger partial charge in [0.1, 0.15) is 11.9 Å². The van der Waals surface area contributed by atoms with Crippen molar-refractivity contribution in [3.05, 3.63) is 63.9 Å². The maximum Gasteiger partial charge on any atom is 0.139 e. The molecular formula is C17H16Cl2N2O. The number of hydrogen-bond donors (Lipinski definition) is 1. The van der Waals surface area contributed by atoms with Crippen molar-refractivity contribution < 1.29 is 5.11 Å². The number of hydrogen-bond acceptors (Lipinski definition) is 2. The van der Waals surface area contributed by atoms with E-state index in [0.717, 1.165) is 16.6 Å². The molecule has 3 nitrogen and oxygen atoms in total. The van der Waals surface area contributed by atoms with Gasteiger partial charge in [-0.05, 0) is 36.2 Å². The van der Waals surface area contributed by atoms with Gasteiger partial charge in [-0.15, -0.1) is 0 Å². The molecule has 5 heteroatoms. The highest BCUT2D eigenvalue weighted by Crippen LogP contribution is 2.27. The van der Waals surface area contributed by atoms with Crippen LogP contribution in [-0.4, -0.2) is 14.7 Å². The van der Waals surface area contributed by atoms with Crippen molar-refractivity contribution in [1.82, 2.24) is 9.55 Å². The maximum atomic E-state index is 10.3. The summed E-state index contributed by atoms with van der Waals surface area (Å²) < 4.78 is 2.01. The lowest BCUT2D eigenvalue weighted by Crippen LogP contribution is -2.09. The largest absolute Gasteiger partial charge is 0.385 e. The van der Waals surface area contributed by atoms with E-state index in [1.165, 1.54) is 0 Å². The molecule has 0 aliphatic carbocycles. The van der Waals surface area contributed by atoms with Crippen LogP contribution in [0.25, 0.3) is 11.0 Å². The number of aliphatic hydroxyl groups excluding tert-OH is 1. The first-order chi connectivity index (χ1) is 10.6. The Hall–Kier alpha value is -1.55. The standard InChI is InChI=1S/C17H16Cl2N2O/c1-2-16(22)17-20-14-5-3-4-6-15(14)21(17)10-11-7-8-12(18)9-13(11)19/h3-9,16,22H,2,10H2,1H3/t16-/m0/s1. The predicted molar refractivity (Wildman–Crippen MR) is 90.5 cm³/mol. The molecule has 3 aromatic rings. The smallest absolute Gasteiger partial charge is 0.139 e. The molecule has 114 valence electrons. The number of benzene rings is 2. The van der Waals surface area contributed by atoms with Crippen LogP contribution in [0.2, 0.25) is 10.0 Å². The van der Waals surface area contributed by atoms with Gasteiger partial charge in [-0.1, -0.05) is 48.3 Å². The van der Waals surface area contributed by atoms with Crippen LogP contribution >= 0.6 is 23.2 Å². The minimum Gasteiger partial charge on any atom is -0.385 e. The molecular weight excluding hydrogens is 319 g/mol. The first-order valence-electron chi connectivity index (χ1n) is 7.17. The highest BCUT2D eigenvalue weighted by Gasteiger charge is 2.17. The third kappa shape index (κ3) is 2.84. The van der Waals surface area contributed by atoms with Crippen LogP contribution in [0.15, 0.2) is 42.5 Å². The molecule has 22 heavy (non-hydrogen) atoms. The second-order valence-electron chi connectivity index (χ2n) is 5.20. The van der Waals surface area contributed by atoms with Gasteiger partial charge in [0.15, 0.2) is 0 Å².